The number of fused-ring (bicyclic) bond motifs is 1. The zero-order valence-electron chi connectivity index (χ0n) is 11.6. The molecular weight excluding hydrogens is 266 g/mol. The monoisotopic (exact) mass is 283 g/mol. The third-order valence-electron chi connectivity index (χ3n) is 3.34. The van der Waals surface area contributed by atoms with Gasteiger partial charge in [0.1, 0.15) is 5.75 Å². The maximum Gasteiger partial charge on any atom is 0.115 e. The Balaban J connectivity index is 2.09. The third-order valence-corrected chi connectivity index (χ3v) is 4.50. The Hall–Kier alpha value is -1.87. The topological polar surface area (TPSA) is 24.6 Å². The average molecular weight is 283 g/mol. The van der Waals surface area contributed by atoms with E-state index in [9.17, 15) is 5.11 Å². The number of pyridine rings is 1. The van der Waals surface area contributed by atoms with E-state index in [4.69, 9.17) is 0 Å². The van der Waals surface area contributed by atoms with Crippen molar-refractivity contribution in [2.24, 2.45) is 0 Å². The standard InChI is InChI=1S/C17H17NOS/c1-12(2)15-11-18-10-4-3-5-16(18)17(15)20-14-8-6-13(19)7-9-14/h3-12,19H,1-2H3. The highest BCUT2D eigenvalue weighted by Crippen LogP contribution is 2.38. The molecule has 102 valence electrons. The molecule has 3 heteroatoms. The summed E-state index contributed by atoms with van der Waals surface area (Å²) in [5, 5.41) is 9.38. The molecule has 0 saturated heterocycles. The third kappa shape index (κ3) is 2.41. The van der Waals surface area contributed by atoms with E-state index < -0.39 is 0 Å². The maximum absolute atomic E-state index is 9.38. The second-order valence-corrected chi connectivity index (χ2v) is 6.24. The van der Waals surface area contributed by atoms with Crippen molar-refractivity contribution in [2.45, 2.75) is 29.6 Å². The van der Waals surface area contributed by atoms with Crippen molar-refractivity contribution >= 4 is 17.3 Å². The number of aromatic nitrogens is 1. The summed E-state index contributed by atoms with van der Waals surface area (Å²) >= 11 is 1.76. The first-order valence-electron chi connectivity index (χ1n) is 6.71. The van der Waals surface area contributed by atoms with E-state index in [2.05, 4.69) is 42.8 Å². The SMILES string of the molecule is CC(C)c1cn2ccccc2c1Sc1ccc(O)cc1. The first-order chi connectivity index (χ1) is 9.65. The lowest BCUT2D eigenvalue weighted by atomic mass is 10.1. The molecule has 0 aliphatic carbocycles. The van der Waals surface area contributed by atoms with Gasteiger partial charge in [0.25, 0.3) is 0 Å². The Morgan fingerprint density at radius 2 is 1.80 bits per heavy atom. The van der Waals surface area contributed by atoms with Gasteiger partial charge >= 0.3 is 0 Å². The van der Waals surface area contributed by atoms with Crippen molar-refractivity contribution in [3.8, 4) is 5.75 Å². The summed E-state index contributed by atoms with van der Waals surface area (Å²) in [5.41, 5.74) is 2.59. The van der Waals surface area contributed by atoms with Gasteiger partial charge in [0.05, 0.1) is 5.52 Å². The molecule has 3 rings (SSSR count). The van der Waals surface area contributed by atoms with Gasteiger partial charge in [-0.05, 0) is 47.9 Å². The lowest BCUT2D eigenvalue weighted by molar-refractivity contribution is 0.475. The van der Waals surface area contributed by atoms with Gasteiger partial charge in [0, 0.05) is 22.2 Å². The largest absolute Gasteiger partial charge is 0.508 e. The predicted octanol–water partition coefficient (Wildman–Crippen LogP) is 4.92. The molecule has 1 N–H and O–H groups in total. The summed E-state index contributed by atoms with van der Waals surface area (Å²) in [6, 6.07) is 13.6. The molecule has 1 aromatic carbocycles. The van der Waals surface area contributed by atoms with Crippen LogP contribution >= 0.6 is 11.8 Å². The molecule has 2 heterocycles. The summed E-state index contributed by atoms with van der Waals surface area (Å²) in [4.78, 5) is 2.44. The molecule has 0 atom stereocenters. The minimum atomic E-state index is 0.306. The Bertz CT molecular complexity index is 728. The van der Waals surface area contributed by atoms with Crippen LogP contribution in [0.4, 0.5) is 0 Å². The van der Waals surface area contributed by atoms with Gasteiger partial charge in [-0.15, -0.1) is 0 Å². The van der Waals surface area contributed by atoms with E-state index in [0.29, 0.717) is 11.7 Å². The first-order valence-corrected chi connectivity index (χ1v) is 7.53. The van der Waals surface area contributed by atoms with Crippen molar-refractivity contribution in [1.29, 1.82) is 0 Å². The van der Waals surface area contributed by atoms with Gasteiger partial charge in [-0.1, -0.05) is 31.7 Å². The van der Waals surface area contributed by atoms with Gasteiger partial charge in [0.15, 0.2) is 0 Å². The molecular formula is C17H17NOS. The van der Waals surface area contributed by atoms with Crippen molar-refractivity contribution in [2.75, 3.05) is 0 Å². The van der Waals surface area contributed by atoms with Crippen molar-refractivity contribution in [1.82, 2.24) is 4.40 Å². The number of rotatable bonds is 3. The van der Waals surface area contributed by atoms with Gasteiger partial charge in [0.2, 0.25) is 0 Å². The molecule has 0 aliphatic rings. The average Bonchev–Trinajstić information content (AvgIpc) is 2.81. The Labute approximate surface area is 123 Å². The molecule has 0 fully saturated rings. The maximum atomic E-state index is 9.38. The first kappa shape index (κ1) is 13.1. The highest BCUT2D eigenvalue weighted by Gasteiger charge is 2.14. The van der Waals surface area contributed by atoms with E-state index in [1.807, 2.05) is 18.2 Å². The van der Waals surface area contributed by atoms with Crippen LogP contribution in [0.2, 0.25) is 0 Å². The summed E-state index contributed by atoms with van der Waals surface area (Å²) in [6.07, 6.45) is 4.30. The number of phenolic OH excluding ortho intramolecular Hbond substituents is 1. The van der Waals surface area contributed by atoms with E-state index in [1.54, 1.807) is 23.9 Å². The van der Waals surface area contributed by atoms with Crippen LogP contribution in [-0.4, -0.2) is 9.51 Å². The Morgan fingerprint density at radius 1 is 1.05 bits per heavy atom. The number of benzene rings is 1. The van der Waals surface area contributed by atoms with Crippen LogP contribution < -0.4 is 0 Å². The van der Waals surface area contributed by atoms with E-state index in [-0.39, 0.29) is 0 Å². The zero-order chi connectivity index (χ0) is 14.1. The fraction of sp³-hybridized carbons (Fsp3) is 0.176. The minimum absolute atomic E-state index is 0.306. The number of nitrogens with zero attached hydrogens (tertiary/aromatic N) is 1. The van der Waals surface area contributed by atoms with Crippen LogP contribution in [-0.2, 0) is 0 Å². The van der Waals surface area contributed by atoms with Crippen LogP contribution in [0.1, 0.15) is 25.3 Å². The molecule has 0 amide bonds. The summed E-state index contributed by atoms with van der Waals surface area (Å²) in [5.74, 6) is 0.787. The molecule has 0 aliphatic heterocycles. The molecule has 0 radical (unpaired) electrons. The van der Waals surface area contributed by atoms with Gasteiger partial charge in [-0.25, -0.2) is 0 Å². The molecule has 0 bridgehead atoms. The number of aromatic hydroxyl groups is 1. The van der Waals surface area contributed by atoms with Crippen LogP contribution in [0, 0.1) is 0 Å². The molecule has 2 nitrogen and oxygen atoms in total. The van der Waals surface area contributed by atoms with Gasteiger partial charge in [-0.3, -0.25) is 0 Å². The van der Waals surface area contributed by atoms with Crippen LogP contribution in [0.5, 0.6) is 5.75 Å². The molecule has 3 aromatic rings. The second-order valence-electron chi connectivity index (χ2n) is 5.16. The quantitative estimate of drug-likeness (QED) is 0.738. The summed E-state index contributed by atoms with van der Waals surface area (Å²) in [7, 11) is 0. The number of hydrogen-bond acceptors (Lipinski definition) is 2. The normalized spacial score (nSPS) is 11.3. The van der Waals surface area contributed by atoms with Crippen LogP contribution in [0.25, 0.3) is 5.52 Å². The van der Waals surface area contributed by atoms with Gasteiger partial charge in [-0.2, -0.15) is 0 Å². The van der Waals surface area contributed by atoms with E-state index in [0.717, 1.165) is 4.90 Å². The van der Waals surface area contributed by atoms with Crippen molar-refractivity contribution < 1.29 is 5.11 Å². The van der Waals surface area contributed by atoms with Crippen LogP contribution in [0.15, 0.2) is 64.6 Å². The van der Waals surface area contributed by atoms with Crippen molar-refractivity contribution in [3.05, 3.63) is 60.4 Å². The molecule has 2 aromatic heterocycles. The Morgan fingerprint density at radius 3 is 2.50 bits per heavy atom. The predicted molar refractivity (Wildman–Crippen MR) is 83.7 cm³/mol. The highest BCUT2D eigenvalue weighted by atomic mass is 32.2. The lowest BCUT2D eigenvalue weighted by Crippen LogP contribution is -1.86. The summed E-state index contributed by atoms with van der Waals surface area (Å²) in [6.45, 7) is 4.44. The van der Waals surface area contributed by atoms with E-state index >= 15 is 0 Å². The molecule has 0 unspecified atom stereocenters. The van der Waals surface area contributed by atoms with Crippen LogP contribution in [0.3, 0.4) is 0 Å². The molecule has 0 spiro atoms. The zero-order valence-corrected chi connectivity index (χ0v) is 12.4. The van der Waals surface area contributed by atoms with Crippen molar-refractivity contribution in [3.63, 3.8) is 0 Å². The van der Waals surface area contributed by atoms with Gasteiger partial charge < -0.3 is 9.51 Å². The number of hydrogen-bond donors (Lipinski definition) is 1. The number of phenols is 1. The molecule has 20 heavy (non-hydrogen) atoms. The fourth-order valence-corrected chi connectivity index (χ4v) is 3.46. The minimum Gasteiger partial charge on any atom is -0.508 e. The van der Waals surface area contributed by atoms with E-state index in [1.165, 1.54) is 16.0 Å². The Kier molecular flexibility index (Phi) is 3.45. The fourth-order valence-electron chi connectivity index (χ4n) is 2.27. The summed E-state index contributed by atoms with van der Waals surface area (Å²) < 4.78 is 2.18. The molecule has 0 saturated carbocycles. The lowest BCUT2D eigenvalue weighted by Gasteiger charge is -2.07. The second kappa shape index (κ2) is 5.25. The smallest absolute Gasteiger partial charge is 0.115 e. The highest BCUT2D eigenvalue weighted by molar-refractivity contribution is 7.99.